The van der Waals surface area contributed by atoms with Crippen molar-refractivity contribution in [2.24, 2.45) is 0 Å². The van der Waals surface area contributed by atoms with Crippen LogP contribution < -0.4 is 19.7 Å². The summed E-state index contributed by atoms with van der Waals surface area (Å²) in [7, 11) is 3.13. The van der Waals surface area contributed by atoms with Crippen LogP contribution in [0.2, 0.25) is 5.02 Å². The summed E-state index contributed by atoms with van der Waals surface area (Å²) in [5.74, 6) is 2.35. The third kappa shape index (κ3) is 3.91. The molecule has 1 N–H and O–H groups in total. The van der Waals surface area contributed by atoms with E-state index in [0.29, 0.717) is 60.2 Å². The average molecular weight is 378 g/mol. The maximum atomic E-state index is 10.8. The first-order chi connectivity index (χ1) is 12.6. The molecule has 8 nitrogen and oxygen atoms in total. The number of carbonyl (C=O) groups is 1. The summed E-state index contributed by atoms with van der Waals surface area (Å²) in [6.07, 6.45) is 2.56. The van der Waals surface area contributed by atoms with Crippen molar-refractivity contribution in [3.63, 3.8) is 0 Å². The number of halogens is 1. The number of piperazine rings is 1. The third-order valence-corrected chi connectivity index (χ3v) is 4.42. The fourth-order valence-corrected chi connectivity index (χ4v) is 2.92. The Labute approximate surface area is 156 Å². The molecule has 1 aliphatic rings. The first kappa shape index (κ1) is 18.1. The van der Waals surface area contributed by atoms with Gasteiger partial charge >= 0.3 is 0 Å². The van der Waals surface area contributed by atoms with Gasteiger partial charge in [-0.2, -0.15) is 4.98 Å². The maximum Gasteiger partial charge on any atom is 0.227 e. The fraction of sp³-hybridized carbons (Fsp3) is 0.353. The lowest BCUT2D eigenvalue weighted by Gasteiger charge is -2.32. The summed E-state index contributed by atoms with van der Waals surface area (Å²) < 4.78 is 10.6. The highest BCUT2D eigenvalue weighted by molar-refractivity contribution is 6.32. The second-order valence-corrected chi connectivity index (χ2v) is 6.09. The number of ether oxygens (including phenoxy) is 2. The molecule has 2 heterocycles. The molecule has 0 saturated carbocycles. The second kappa shape index (κ2) is 8.09. The van der Waals surface area contributed by atoms with Gasteiger partial charge < -0.3 is 24.6 Å². The van der Waals surface area contributed by atoms with Crippen molar-refractivity contribution in [1.82, 2.24) is 14.9 Å². The number of nitrogens with one attached hydrogen (secondary N) is 1. The van der Waals surface area contributed by atoms with Gasteiger partial charge in [-0.3, -0.25) is 4.79 Å². The predicted molar refractivity (Wildman–Crippen MR) is 99.7 cm³/mol. The SMILES string of the molecule is COc1cc(Nc2ccnc(N3CCN(C=O)CC3)n2)c(OC)cc1Cl. The normalized spacial score (nSPS) is 14.1. The van der Waals surface area contributed by atoms with E-state index in [2.05, 4.69) is 15.3 Å². The molecule has 0 bridgehead atoms. The minimum Gasteiger partial charge on any atom is -0.495 e. The van der Waals surface area contributed by atoms with Gasteiger partial charge in [0.25, 0.3) is 0 Å². The number of anilines is 3. The average Bonchev–Trinajstić information content (AvgIpc) is 2.69. The van der Waals surface area contributed by atoms with E-state index < -0.39 is 0 Å². The molecule has 138 valence electrons. The molecule has 1 aliphatic heterocycles. The number of hydrogen-bond donors (Lipinski definition) is 1. The van der Waals surface area contributed by atoms with E-state index in [1.165, 1.54) is 0 Å². The van der Waals surface area contributed by atoms with Gasteiger partial charge in [0.1, 0.15) is 17.3 Å². The molecule has 9 heteroatoms. The van der Waals surface area contributed by atoms with E-state index in [9.17, 15) is 4.79 Å². The van der Waals surface area contributed by atoms with Crippen molar-refractivity contribution in [2.75, 3.05) is 50.6 Å². The van der Waals surface area contributed by atoms with Gasteiger partial charge in [-0.15, -0.1) is 0 Å². The highest BCUT2D eigenvalue weighted by Gasteiger charge is 2.18. The molecule has 3 rings (SSSR count). The maximum absolute atomic E-state index is 10.8. The predicted octanol–water partition coefficient (Wildman–Crippen LogP) is 2.17. The van der Waals surface area contributed by atoms with E-state index >= 15 is 0 Å². The van der Waals surface area contributed by atoms with Crippen LogP contribution in [0, 0.1) is 0 Å². The molecule has 0 atom stereocenters. The number of methoxy groups -OCH3 is 2. The molecule has 1 saturated heterocycles. The first-order valence-corrected chi connectivity index (χ1v) is 8.48. The van der Waals surface area contributed by atoms with Crippen LogP contribution in [-0.4, -0.2) is 61.7 Å². The lowest BCUT2D eigenvalue weighted by molar-refractivity contribution is -0.118. The van der Waals surface area contributed by atoms with Crippen LogP contribution >= 0.6 is 11.6 Å². The Bertz CT molecular complexity index is 781. The minimum absolute atomic E-state index is 0.464. The summed E-state index contributed by atoms with van der Waals surface area (Å²) in [4.78, 5) is 23.5. The second-order valence-electron chi connectivity index (χ2n) is 5.68. The van der Waals surface area contributed by atoms with E-state index in [1.807, 2.05) is 4.90 Å². The third-order valence-electron chi connectivity index (χ3n) is 4.13. The van der Waals surface area contributed by atoms with Gasteiger partial charge in [0, 0.05) is 44.5 Å². The monoisotopic (exact) mass is 377 g/mol. The van der Waals surface area contributed by atoms with Crippen molar-refractivity contribution < 1.29 is 14.3 Å². The lowest BCUT2D eigenvalue weighted by atomic mass is 10.2. The summed E-state index contributed by atoms with van der Waals surface area (Å²) in [6, 6.07) is 5.21. The van der Waals surface area contributed by atoms with Crippen LogP contribution in [0.3, 0.4) is 0 Å². The molecule has 2 aromatic rings. The van der Waals surface area contributed by atoms with Gasteiger partial charge in [-0.25, -0.2) is 4.98 Å². The molecule has 0 unspecified atom stereocenters. The summed E-state index contributed by atoms with van der Waals surface area (Å²) in [5, 5.41) is 3.68. The quantitative estimate of drug-likeness (QED) is 0.773. The number of carbonyl (C=O) groups excluding carboxylic acids is 1. The molecule has 0 radical (unpaired) electrons. The van der Waals surface area contributed by atoms with Crippen LogP contribution in [0.25, 0.3) is 0 Å². The zero-order chi connectivity index (χ0) is 18.5. The van der Waals surface area contributed by atoms with Crippen LogP contribution in [0.4, 0.5) is 17.5 Å². The zero-order valence-corrected chi connectivity index (χ0v) is 15.4. The van der Waals surface area contributed by atoms with Gasteiger partial charge in [-0.1, -0.05) is 11.6 Å². The van der Waals surface area contributed by atoms with E-state index in [1.54, 1.807) is 43.5 Å². The summed E-state index contributed by atoms with van der Waals surface area (Å²) in [5.41, 5.74) is 0.684. The number of amides is 1. The smallest absolute Gasteiger partial charge is 0.227 e. The standard InChI is InChI=1S/C17H20ClN5O3/c1-25-14-10-13(15(26-2)9-12(14)18)20-16-3-4-19-17(21-16)23-7-5-22(11-24)6-8-23/h3-4,9-11H,5-8H2,1-2H3,(H,19,20,21). The minimum atomic E-state index is 0.464. The molecule has 1 fully saturated rings. The number of nitrogens with zero attached hydrogens (tertiary/aromatic N) is 4. The fourth-order valence-electron chi connectivity index (χ4n) is 2.69. The van der Waals surface area contributed by atoms with Crippen molar-refractivity contribution >= 4 is 35.5 Å². The van der Waals surface area contributed by atoms with E-state index in [-0.39, 0.29) is 0 Å². The molecular formula is C17H20ClN5O3. The summed E-state index contributed by atoms with van der Waals surface area (Å²) >= 11 is 6.14. The van der Waals surface area contributed by atoms with Crippen molar-refractivity contribution in [1.29, 1.82) is 0 Å². The molecular weight excluding hydrogens is 358 g/mol. The Morgan fingerprint density at radius 1 is 1.15 bits per heavy atom. The number of benzene rings is 1. The molecule has 0 spiro atoms. The lowest BCUT2D eigenvalue weighted by Crippen LogP contribution is -2.46. The van der Waals surface area contributed by atoms with Crippen molar-refractivity contribution in [2.45, 2.75) is 0 Å². The van der Waals surface area contributed by atoms with E-state index in [0.717, 1.165) is 6.41 Å². The number of aromatic nitrogens is 2. The van der Waals surface area contributed by atoms with Crippen molar-refractivity contribution in [3.05, 3.63) is 29.4 Å². The molecule has 1 amide bonds. The Hall–Kier alpha value is -2.74. The highest BCUT2D eigenvalue weighted by Crippen LogP contribution is 2.37. The Kier molecular flexibility index (Phi) is 5.62. The van der Waals surface area contributed by atoms with Gasteiger partial charge in [0.05, 0.1) is 24.9 Å². The summed E-state index contributed by atoms with van der Waals surface area (Å²) in [6.45, 7) is 2.71. The van der Waals surface area contributed by atoms with Crippen molar-refractivity contribution in [3.8, 4) is 11.5 Å². The largest absolute Gasteiger partial charge is 0.495 e. The molecule has 26 heavy (non-hydrogen) atoms. The molecule has 0 aliphatic carbocycles. The Balaban J connectivity index is 1.80. The number of rotatable bonds is 6. The zero-order valence-electron chi connectivity index (χ0n) is 14.6. The van der Waals surface area contributed by atoms with Crippen LogP contribution in [0.5, 0.6) is 11.5 Å². The Morgan fingerprint density at radius 3 is 2.54 bits per heavy atom. The Morgan fingerprint density at radius 2 is 1.88 bits per heavy atom. The first-order valence-electron chi connectivity index (χ1n) is 8.10. The molecule has 1 aromatic heterocycles. The topological polar surface area (TPSA) is 79.8 Å². The van der Waals surface area contributed by atoms with Crippen LogP contribution in [0.1, 0.15) is 0 Å². The van der Waals surface area contributed by atoms with Gasteiger partial charge in [-0.05, 0) is 6.07 Å². The van der Waals surface area contributed by atoms with Crippen LogP contribution in [-0.2, 0) is 4.79 Å². The molecule has 1 aromatic carbocycles. The van der Waals surface area contributed by atoms with Gasteiger partial charge in [0.2, 0.25) is 12.4 Å². The number of hydrogen-bond acceptors (Lipinski definition) is 7. The van der Waals surface area contributed by atoms with E-state index in [4.69, 9.17) is 21.1 Å². The van der Waals surface area contributed by atoms with Crippen LogP contribution in [0.15, 0.2) is 24.4 Å². The highest BCUT2D eigenvalue weighted by atomic mass is 35.5. The van der Waals surface area contributed by atoms with Gasteiger partial charge in [0.15, 0.2) is 0 Å².